The van der Waals surface area contributed by atoms with Crippen molar-refractivity contribution in [2.75, 3.05) is 19.0 Å². The van der Waals surface area contributed by atoms with Crippen LogP contribution in [0.5, 0.6) is 11.5 Å². The predicted octanol–water partition coefficient (Wildman–Crippen LogP) is 4.03. The Labute approximate surface area is 121 Å². The molecule has 1 aliphatic rings. The number of rotatable bonds is 2. The minimum absolute atomic E-state index is 0.0859. The van der Waals surface area contributed by atoms with Crippen LogP contribution in [0.15, 0.2) is 36.4 Å². The maximum Gasteiger partial charge on any atom is 0.146 e. The monoisotopic (exact) mass is 293 g/mol. The van der Waals surface area contributed by atoms with Gasteiger partial charge in [-0.1, -0.05) is 23.7 Å². The lowest BCUT2D eigenvalue weighted by Crippen LogP contribution is -2.23. The van der Waals surface area contributed by atoms with Crippen molar-refractivity contribution in [3.05, 3.63) is 52.8 Å². The summed E-state index contributed by atoms with van der Waals surface area (Å²) < 4.78 is 24.4. The van der Waals surface area contributed by atoms with Gasteiger partial charge in [-0.25, -0.2) is 4.39 Å². The molecule has 0 spiro atoms. The highest BCUT2D eigenvalue weighted by Crippen LogP contribution is 2.37. The van der Waals surface area contributed by atoms with Crippen LogP contribution in [0.1, 0.15) is 11.7 Å². The van der Waals surface area contributed by atoms with Gasteiger partial charge in [0.25, 0.3) is 0 Å². The van der Waals surface area contributed by atoms with E-state index in [1.165, 1.54) is 12.1 Å². The topological polar surface area (TPSA) is 30.5 Å². The van der Waals surface area contributed by atoms with Gasteiger partial charge in [0, 0.05) is 6.07 Å². The Balaban J connectivity index is 1.85. The van der Waals surface area contributed by atoms with Crippen molar-refractivity contribution in [3.8, 4) is 11.5 Å². The van der Waals surface area contributed by atoms with E-state index in [2.05, 4.69) is 5.32 Å². The van der Waals surface area contributed by atoms with Gasteiger partial charge in [-0.3, -0.25) is 0 Å². The van der Waals surface area contributed by atoms with E-state index in [4.69, 9.17) is 21.1 Å². The van der Waals surface area contributed by atoms with Gasteiger partial charge in [0.15, 0.2) is 0 Å². The van der Waals surface area contributed by atoms with Crippen molar-refractivity contribution in [2.24, 2.45) is 0 Å². The highest BCUT2D eigenvalue weighted by Gasteiger charge is 2.22. The molecule has 3 rings (SSSR count). The largest absolute Gasteiger partial charge is 0.497 e. The van der Waals surface area contributed by atoms with Gasteiger partial charge < -0.3 is 14.8 Å². The summed E-state index contributed by atoms with van der Waals surface area (Å²) in [6.07, 6.45) is -0.172. The van der Waals surface area contributed by atoms with E-state index >= 15 is 0 Å². The number of halogens is 2. The lowest BCUT2D eigenvalue weighted by Gasteiger charge is -2.28. The second-order valence-corrected chi connectivity index (χ2v) is 4.93. The molecule has 2 aromatic rings. The summed E-state index contributed by atoms with van der Waals surface area (Å²) in [5.74, 6) is 0.775. The lowest BCUT2D eigenvalue weighted by molar-refractivity contribution is 0.209. The van der Waals surface area contributed by atoms with Gasteiger partial charge in [0.2, 0.25) is 0 Å². The minimum atomic E-state index is -0.484. The maximum atomic E-state index is 13.5. The second-order valence-electron chi connectivity index (χ2n) is 4.52. The van der Waals surface area contributed by atoms with E-state index < -0.39 is 5.82 Å². The molecule has 1 N–H and O–H groups in total. The average molecular weight is 294 g/mol. The third-order valence-corrected chi connectivity index (χ3v) is 3.55. The quantitative estimate of drug-likeness (QED) is 0.907. The van der Waals surface area contributed by atoms with E-state index in [0.717, 1.165) is 11.3 Å². The van der Waals surface area contributed by atoms with E-state index in [9.17, 15) is 4.39 Å². The summed E-state index contributed by atoms with van der Waals surface area (Å²) >= 11 is 5.75. The van der Waals surface area contributed by atoms with Crippen molar-refractivity contribution in [3.63, 3.8) is 0 Å². The average Bonchev–Trinajstić information content (AvgIpc) is 2.48. The number of fused-ring (bicyclic) bond motifs is 1. The Morgan fingerprint density at radius 3 is 2.75 bits per heavy atom. The van der Waals surface area contributed by atoms with Crippen LogP contribution in [-0.4, -0.2) is 13.7 Å². The van der Waals surface area contributed by atoms with Crippen LogP contribution >= 0.6 is 11.6 Å². The zero-order chi connectivity index (χ0) is 14.1. The molecular formula is C15H13ClFNO2. The summed E-state index contributed by atoms with van der Waals surface area (Å²) in [5, 5.41) is 3.29. The highest BCUT2D eigenvalue weighted by molar-refractivity contribution is 6.31. The molecule has 1 aliphatic heterocycles. The summed E-state index contributed by atoms with van der Waals surface area (Å²) in [4.78, 5) is 0. The van der Waals surface area contributed by atoms with Crippen LogP contribution in [0.3, 0.4) is 0 Å². The molecule has 1 atom stereocenters. The highest BCUT2D eigenvalue weighted by atomic mass is 35.5. The van der Waals surface area contributed by atoms with Crippen LogP contribution in [0.4, 0.5) is 10.1 Å². The Bertz CT molecular complexity index is 631. The molecule has 0 saturated carbocycles. The molecule has 20 heavy (non-hydrogen) atoms. The van der Waals surface area contributed by atoms with Crippen LogP contribution in [0.2, 0.25) is 5.02 Å². The van der Waals surface area contributed by atoms with Crippen LogP contribution in [-0.2, 0) is 0 Å². The standard InChI is InChI=1S/C15H13ClFNO2/c1-19-10-4-2-9(3-5-10)15-8-18-13-6-11(16)12(17)7-14(13)20-15/h2-7,15,18H,8H2,1H3. The zero-order valence-electron chi connectivity index (χ0n) is 10.8. The summed E-state index contributed by atoms with van der Waals surface area (Å²) in [7, 11) is 1.62. The fourth-order valence-electron chi connectivity index (χ4n) is 2.17. The molecular weight excluding hydrogens is 281 g/mol. The Hall–Kier alpha value is -1.94. The van der Waals surface area contributed by atoms with Gasteiger partial charge in [-0.05, 0) is 23.8 Å². The normalized spacial score (nSPS) is 16.9. The van der Waals surface area contributed by atoms with E-state index in [-0.39, 0.29) is 11.1 Å². The van der Waals surface area contributed by atoms with Gasteiger partial charge >= 0.3 is 0 Å². The SMILES string of the molecule is COc1ccc(C2CNc3cc(Cl)c(F)cc3O2)cc1. The fraction of sp³-hybridized carbons (Fsp3) is 0.200. The first-order chi connectivity index (χ1) is 9.67. The van der Waals surface area contributed by atoms with Crippen molar-refractivity contribution < 1.29 is 13.9 Å². The van der Waals surface area contributed by atoms with E-state index in [1.54, 1.807) is 7.11 Å². The van der Waals surface area contributed by atoms with Crippen LogP contribution in [0, 0.1) is 5.82 Å². The summed E-state index contributed by atoms with van der Waals surface area (Å²) in [6.45, 7) is 0.599. The third kappa shape index (κ3) is 2.39. The van der Waals surface area contributed by atoms with Gasteiger partial charge in [-0.2, -0.15) is 0 Å². The Morgan fingerprint density at radius 2 is 2.05 bits per heavy atom. The maximum absolute atomic E-state index is 13.5. The number of nitrogens with one attached hydrogen (secondary N) is 1. The molecule has 0 aromatic heterocycles. The minimum Gasteiger partial charge on any atom is -0.497 e. The van der Waals surface area contributed by atoms with E-state index in [1.807, 2.05) is 24.3 Å². The van der Waals surface area contributed by atoms with Crippen molar-refractivity contribution in [1.82, 2.24) is 0 Å². The lowest BCUT2D eigenvalue weighted by atomic mass is 10.1. The number of ether oxygens (including phenoxy) is 2. The summed E-state index contributed by atoms with van der Waals surface area (Å²) in [5.41, 5.74) is 1.71. The van der Waals surface area contributed by atoms with E-state index in [0.29, 0.717) is 18.0 Å². The first-order valence-corrected chi connectivity index (χ1v) is 6.58. The molecule has 0 radical (unpaired) electrons. The van der Waals surface area contributed by atoms with Gasteiger partial charge in [0.05, 0.1) is 24.4 Å². The molecule has 1 heterocycles. The predicted molar refractivity (Wildman–Crippen MR) is 76.3 cm³/mol. The van der Waals surface area contributed by atoms with Crippen molar-refractivity contribution >= 4 is 17.3 Å². The Kier molecular flexibility index (Phi) is 3.40. The fourth-order valence-corrected chi connectivity index (χ4v) is 2.33. The molecule has 0 saturated heterocycles. The molecule has 1 unspecified atom stereocenters. The molecule has 104 valence electrons. The van der Waals surface area contributed by atoms with Gasteiger partial charge in [0.1, 0.15) is 23.4 Å². The molecule has 3 nitrogen and oxygen atoms in total. The number of methoxy groups -OCH3 is 1. The molecule has 5 heteroatoms. The van der Waals surface area contributed by atoms with Gasteiger partial charge in [-0.15, -0.1) is 0 Å². The number of hydrogen-bond acceptors (Lipinski definition) is 3. The Morgan fingerprint density at radius 1 is 1.30 bits per heavy atom. The third-order valence-electron chi connectivity index (χ3n) is 3.26. The van der Waals surface area contributed by atoms with Crippen LogP contribution < -0.4 is 14.8 Å². The number of anilines is 1. The number of hydrogen-bond donors (Lipinski definition) is 1. The van der Waals surface area contributed by atoms with Crippen molar-refractivity contribution in [1.29, 1.82) is 0 Å². The first kappa shape index (κ1) is 13.1. The molecule has 0 fully saturated rings. The molecule has 0 aliphatic carbocycles. The van der Waals surface area contributed by atoms with Crippen LogP contribution in [0.25, 0.3) is 0 Å². The second kappa shape index (κ2) is 5.21. The zero-order valence-corrected chi connectivity index (χ0v) is 11.6. The first-order valence-electron chi connectivity index (χ1n) is 6.21. The number of benzene rings is 2. The molecule has 2 aromatic carbocycles. The van der Waals surface area contributed by atoms with Crippen molar-refractivity contribution in [2.45, 2.75) is 6.10 Å². The smallest absolute Gasteiger partial charge is 0.146 e. The summed E-state index contributed by atoms with van der Waals surface area (Å²) in [6, 6.07) is 10.5. The molecule has 0 bridgehead atoms. The molecule has 0 amide bonds.